The lowest BCUT2D eigenvalue weighted by atomic mass is 10.1. The van der Waals surface area contributed by atoms with Gasteiger partial charge in [-0.1, -0.05) is 6.07 Å². The predicted octanol–water partition coefficient (Wildman–Crippen LogP) is 3.70. The maximum atomic E-state index is 14.0. The van der Waals surface area contributed by atoms with Gasteiger partial charge in [-0.3, -0.25) is 15.0 Å². The molecule has 0 spiro atoms. The summed E-state index contributed by atoms with van der Waals surface area (Å²) in [5.74, 6) is -0.291. The smallest absolute Gasteiger partial charge is 0.414 e. The predicted molar refractivity (Wildman–Crippen MR) is 96.7 cm³/mol. The van der Waals surface area contributed by atoms with E-state index >= 15 is 0 Å². The number of nitrogens with one attached hydrogen (secondary N) is 1. The van der Waals surface area contributed by atoms with Gasteiger partial charge in [0.15, 0.2) is 11.6 Å². The van der Waals surface area contributed by atoms with Gasteiger partial charge in [0.25, 0.3) is 5.69 Å². The summed E-state index contributed by atoms with van der Waals surface area (Å²) in [7, 11) is 0. The molecule has 1 aliphatic heterocycles. The Morgan fingerprint density at radius 3 is 2.78 bits per heavy atom. The quantitative estimate of drug-likeness (QED) is 0.586. The van der Waals surface area contributed by atoms with Gasteiger partial charge in [0.05, 0.1) is 29.4 Å². The fourth-order valence-corrected chi connectivity index (χ4v) is 2.74. The van der Waals surface area contributed by atoms with Crippen molar-refractivity contribution in [3.05, 3.63) is 57.9 Å². The molecule has 1 heterocycles. The van der Waals surface area contributed by atoms with Crippen LogP contribution in [-0.2, 0) is 11.3 Å². The van der Waals surface area contributed by atoms with Gasteiger partial charge in [-0.2, -0.15) is 0 Å². The van der Waals surface area contributed by atoms with Crippen LogP contribution in [0, 0.1) is 15.9 Å². The largest absolute Gasteiger partial charge is 0.491 e. The molecule has 0 bridgehead atoms. The summed E-state index contributed by atoms with van der Waals surface area (Å²) in [5, 5.41) is 14.2. The molecule has 0 unspecified atom stereocenters. The van der Waals surface area contributed by atoms with Crippen molar-refractivity contribution < 1.29 is 23.6 Å². The molecule has 1 saturated heterocycles. The number of amides is 1. The van der Waals surface area contributed by atoms with Crippen LogP contribution in [0.2, 0.25) is 0 Å². The van der Waals surface area contributed by atoms with Crippen LogP contribution in [0.4, 0.5) is 26.2 Å². The van der Waals surface area contributed by atoms with Gasteiger partial charge in [-0.15, -0.1) is 0 Å². The minimum atomic E-state index is -0.564. The fourth-order valence-electron chi connectivity index (χ4n) is 2.74. The Bertz CT molecular complexity index is 874. The second kappa shape index (κ2) is 7.90. The highest BCUT2D eigenvalue weighted by molar-refractivity contribution is 5.94. The summed E-state index contributed by atoms with van der Waals surface area (Å²) in [4.78, 5) is 23.7. The van der Waals surface area contributed by atoms with E-state index < -0.39 is 16.8 Å². The number of nitro benzene ring substituents is 1. The SMILES string of the molecule is CCOc1ccc(CNc2ccc([N+](=O)[O-])cc2N2CCOC2=O)cc1F. The second-order valence-corrected chi connectivity index (χ2v) is 5.78. The molecule has 0 aliphatic carbocycles. The summed E-state index contributed by atoms with van der Waals surface area (Å²) in [5.41, 5.74) is 1.37. The second-order valence-electron chi connectivity index (χ2n) is 5.78. The number of hydrogen-bond acceptors (Lipinski definition) is 6. The van der Waals surface area contributed by atoms with Crippen LogP contribution in [0.1, 0.15) is 12.5 Å². The zero-order valence-electron chi connectivity index (χ0n) is 14.6. The molecular formula is C18H18FN3O5. The number of carbonyl (C=O) groups excluding carboxylic acids is 1. The van der Waals surface area contributed by atoms with E-state index in [-0.39, 0.29) is 24.6 Å². The molecule has 0 atom stereocenters. The molecule has 0 saturated carbocycles. The van der Waals surface area contributed by atoms with Gasteiger partial charge >= 0.3 is 6.09 Å². The number of benzene rings is 2. The van der Waals surface area contributed by atoms with Crippen molar-refractivity contribution >= 4 is 23.2 Å². The average Bonchev–Trinajstić information content (AvgIpc) is 3.07. The number of non-ortho nitro benzene ring substituents is 1. The third kappa shape index (κ3) is 4.08. The number of halogens is 1. The van der Waals surface area contributed by atoms with Crippen LogP contribution in [0.3, 0.4) is 0 Å². The molecule has 1 N–H and O–H groups in total. The maximum absolute atomic E-state index is 14.0. The van der Waals surface area contributed by atoms with Crippen molar-refractivity contribution in [3.63, 3.8) is 0 Å². The number of anilines is 2. The Morgan fingerprint density at radius 1 is 1.33 bits per heavy atom. The van der Waals surface area contributed by atoms with Crippen LogP contribution in [-0.4, -0.2) is 30.8 Å². The first-order valence-corrected chi connectivity index (χ1v) is 8.37. The summed E-state index contributed by atoms with van der Waals surface area (Å²) >= 11 is 0. The minimum absolute atomic E-state index is 0.137. The lowest BCUT2D eigenvalue weighted by Gasteiger charge is -2.18. The molecule has 0 radical (unpaired) electrons. The molecule has 1 fully saturated rings. The molecule has 1 amide bonds. The summed E-state index contributed by atoms with van der Waals surface area (Å²) in [6, 6.07) is 8.79. The van der Waals surface area contributed by atoms with Crippen LogP contribution in [0.15, 0.2) is 36.4 Å². The number of hydrogen-bond donors (Lipinski definition) is 1. The highest BCUT2D eigenvalue weighted by Crippen LogP contribution is 2.32. The molecule has 1 aliphatic rings. The molecule has 9 heteroatoms. The monoisotopic (exact) mass is 375 g/mol. The normalized spacial score (nSPS) is 13.4. The zero-order chi connectivity index (χ0) is 19.4. The molecule has 3 rings (SSSR count). The van der Waals surface area contributed by atoms with Gasteiger partial charge < -0.3 is 14.8 Å². The van der Waals surface area contributed by atoms with Crippen LogP contribution in [0.25, 0.3) is 0 Å². The van der Waals surface area contributed by atoms with Crippen molar-refractivity contribution in [2.75, 3.05) is 30.0 Å². The first-order valence-electron chi connectivity index (χ1n) is 8.37. The van der Waals surface area contributed by atoms with E-state index in [9.17, 15) is 19.3 Å². The topological polar surface area (TPSA) is 93.9 Å². The Labute approximate surface area is 154 Å². The number of rotatable bonds is 7. The third-order valence-corrected chi connectivity index (χ3v) is 4.02. The minimum Gasteiger partial charge on any atom is -0.491 e. The van der Waals surface area contributed by atoms with Crippen LogP contribution < -0.4 is 15.0 Å². The van der Waals surface area contributed by atoms with Crippen molar-refractivity contribution in [1.82, 2.24) is 0 Å². The van der Waals surface area contributed by atoms with E-state index in [1.165, 1.54) is 29.2 Å². The van der Waals surface area contributed by atoms with Crippen molar-refractivity contribution in [2.24, 2.45) is 0 Å². The molecule has 8 nitrogen and oxygen atoms in total. The lowest BCUT2D eigenvalue weighted by Crippen LogP contribution is -2.24. The van der Waals surface area contributed by atoms with E-state index in [0.717, 1.165) is 0 Å². The Kier molecular flexibility index (Phi) is 5.39. The maximum Gasteiger partial charge on any atom is 0.414 e. The van der Waals surface area contributed by atoms with E-state index in [1.54, 1.807) is 19.1 Å². The first-order chi connectivity index (χ1) is 13.0. The van der Waals surface area contributed by atoms with Gasteiger partial charge in [0.2, 0.25) is 0 Å². The lowest BCUT2D eigenvalue weighted by molar-refractivity contribution is -0.384. The zero-order valence-corrected chi connectivity index (χ0v) is 14.6. The standard InChI is InChI=1S/C18H18FN3O5/c1-2-26-17-6-3-12(9-14(17)19)11-20-15-5-4-13(22(24)25)10-16(15)21-7-8-27-18(21)23/h3-6,9-10,20H,2,7-8,11H2,1H3. The highest BCUT2D eigenvalue weighted by Gasteiger charge is 2.27. The van der Waals surface area contributed by atoms with Crippen molar-refractivity contribution in [2.45, 2.75) is 13.5 Å². The van der Waals surface area contributed by atoms with Crippen LogP contribution >= 0.6 is 0 Å². The molecule has 2 aromatic rings. The first kappa shape index (κ1) is 18.4. The number of nitrogens with zero attached hydrogens (tertiary/aromatic N) is 2. The van der Waals surface area contributed by atoms with E-state index in [4.69, 9.17) is 9.47 Å². The van der Waals surface area contributed by atoms with E-state index in [0.29, 0.717) is 30.1 Å². The molecular weight excluding hydrogens is 357 g/mol. The Morgan fingerprint density at radius 2 is 2.15 bits per heavy atom. The van der Waals surface area contributed by atoms with Crippen LogP contribution in [0.5, 0.6) is 5.75 Å². The van der Waals surface area contributed by atoms with E-state index in [1.807, 2.05) is 0 Å². The van der Waals surface area contributed by atoms with Crippen molar-refractivity contribution in [1.29, 1.82) is 0 Å². The van der Waals surface area contributed by atoms with Gasteiger partial charge in [-0.25, -0.2) is 9.18 Å². The Balaban J connectivity index is 1.82. The third-order valence-electron chi connectivity index (χ3n) is 4.02. The van der Waals surface area contributed by atoms with Gasteiger partial charge in [0, 0.05) is 18.7 Å². The molecule has 0 aromatic heterocycles. The number of carbonyl (C=O) groups is 1. The molecule has 142 valence electrons. The summed E-state index contributed by atoms with van der Waals surface area (Å²) < 4.78 is 24.1. The summed E-state index contributed by atoms with van der Waals surface area (Å²) in [6.45, 7) is 2.91. The van der Waals surface area contributed by atoms with E-state index in [2.05, 4.69) is 5.32 Å². The fraction of sp³-hybridized carbons (Fsp3) is 0.278. The Hall–Kier alpha value is -3.36. The number of nitro groups is 1. The van der Waals surface area contributed by atoms with Crippen molar-refractivity contribution in [3.8, 4) is 5.75 Å². The number of ether oxygens (including phenoxy) is 2. The average molecular weight is 375 g/mol. The van der Waals surface area contributed by atoms with Gasteiger partial charge in [0.1, 0.15) is 6.61 Å². The van der Waals surface area contributed by atoms with Gasteiger partial charge in [-0.05, 0) is 30.7 Å². The highest BCUT2D eigenvalue weighted by atomic mass is 19.1. The molecule has 27 heavy (non-hydrogen) atoms. The molecule has 2 aromatic carbocycles. The summed E-state index contributed by atoms with van der Waals surface area (Å²) in [6.07, 6.45) is -0.564. The number of cyclic esters (lactones) is 1.